The minimum absolute atomic E-state index is 0.271. The van der Waals surface area contributed by atoms with Crippen LogP contribution in [0.25, 0.3) is 0 Å². The second-order valence-electron chi connectivity index (χ2n) is 9.51. The Labute approximate surface area is 227 Å². The molecule has 0 spiro atoms. The molecule has 3 atom stereocenters. The standard InChI is InChI=1S/C32H26Cl2N2O/c33-24-6-3-5-21(17-24)20-37-31-16-13-25(34)18-23(31)19-35-26-14-11-22(12-15-26)32-29-9-4-8-27(29)28-7-1-2-10-30(28)36-32/h1-8,10-19,27,29,32,36H,9,20H2/t27-,29-,32-/m0/s1. The molecule has 4 aromatic carbocycles. The normalized spacial score (nSPS) is 19.9. The monoisotopic (exact) mass is 524 g/mol. The minimum atomic E-state index is 0.271. The minimum Gasteiger partial charge on any atom is -0.488 e. The van der Waals surface area contributed by atoms with Crippen LogP contribution in [-0.2, 0) is 6.61 Å². The molecule has 37 heavy (non-hydrogen) atoms. The van der Waals surface area contributed by atoms with Crippen molar-refractivity contribution in [3.05, 3.63) is 135 Å². The van der Waals surface area contributed by atoms with Crippen LogP contribution in [-0.4, -0.2) is 6.21 Å². The summed E-state index contributed by atoms with van der Waals surface area (Å²) in [5.41, 5.74) is 6.60. The lowest BCUT2D eigenvalue weighted by Gasteiger charge is -2.37. The number of rotatable bonds is 6. The predicted octanol–water partition coefficient (Wildman–Crippen LogP) is 9.15. The van der Waals surface area contributed by atoms with E-state index in [2.05, 4.69) is 66.0 Å². The van der Waals surface area contributed by atoms with E-state index in [0.29, 0.717) is 28.5 Å². The summed E-state index contributed by atoms with van der Waals surface area (Å²) in [6, 6.07) is 30.6. The Bertz CT molecular complexity index is 1480. The van der Waals surface area contributed by atoms with E-state index in [1.54, 1.807) is 6.21 Å². The Morgan fingerprint density at radius 1 is 0.892 bits per heavy atom. The molecule has 0 amide bonds. The highest BCUT2D eigenvalue weighted by Crippen LogP contribution is 2.49. The summed E-state index contributed by atoms with van der Waals surface area (Å²) in [6.07, 6.45) is 7.58. The van der Waals surface area contributed by atoms with E-state index in [0.717, 1.165) is 29.0 Å². The quantitative estimate of drug-likeness (QED) is 0.201. The highest BCUT2D eigenvalue weighted by molar-refractivity contribution is 6.31. The van der Waals surface area contributed by atoms with Crippen LogP contribution in [0.3, 0.4) is 0 Å². The second kappa shape index (κ2) is 10.5. The molecule has 1 aliphatic carbocycles. The van der Waals surface area contributed by atoms with Crippen molar-refractivity contribution in [2.45, 2.75) is 25.0 Å². The molecule has 3 nitrogen and oxygen atoms in total. The third kappa shape index (κ3) is 5.16. The molecule has 184 valence electrons. The van der Waals surface area contributed by atoms with Gasteiger partial charge in [-0.05, 0) is 77.6 Å². The highest BCUT2D eigenvalue weighted by Gasteiger charge is 2.37. The van der Waals surface area contributed by atoms with Gasteiger partial charge in [0.25, 0.3) is 0 Å². The number of hydrogen-bond acceptors (Lipinski definition) is 3. The van der Waals surface area contributed by atoms with Crippen LogP contribution in [0.2, 0.25) is 10.0 Å². The van der Waals surface area contributed by atoms with Crippen LogP contribution >= 0.6 is 23.2 Å². The fourth-order valence-corrected chi connectivity index (χ4v) is 5.72. The van der Waals surface area contributed by atoms with Gasteiger partial charge in [-0.15, -0.1) is 0 Å². The van der Waals surface area contributed by atoms with Crippen LogP contribution in [0.5, 0.6) is 5.75 Å². The molecule has 0 saturated heterocycles. The van der Waals surface area contributed by atoms with Gasteiger partial charge in [-0.1, -0.05) is 77.8 Å². The lowest BCUT2D eigenvalue weighted by Crippen LogP contribution is -2.28. The number of aliphatic imine (C=N–C) groups is 1. The third-order valence-electron chi connectivity index (χ3n) is 7.13. The number of ether oxygens (including phenoxy) is 1. The third-order valence-corrected chi connectivity index (χ3v) is 7.60. The molecule has 6 rings (SSSR count). The van der Waals surface area contributed by atoms with E-state index < -0.39 is 0 Å². The first-order valence-corrected chi connectivity index (χ1v) is 13.2. The Morgan fingerprint density at radius 2 is 1.73 bits per heavy atom. The number of allylic oxidation sites excluding steroid dienone is 2. The van der Waals surface area contributed by atoms with Crippen molar-refractivity contribution in [2.75, 3.05) is 5.32 Å². The summed E-state index contributed by atoms with van der Waals surface area (Å²) in [5.74, 6) is 1.71. The molecule has 0 aromatic heterocycles. The average molecular weight is 525 g/mol. The molecule has 0 fully saturated rings. The fraction of sp³-hybridized carbons (Fsp3) is 0.156. The molecule has 0 bridgehead atoms. The van der Waals surface area contributed by atoms with E-state index in [9.17, 15) is 0 Å². The number of halogens is 2. The van der Waals surface area contributed by atoms with Crippen LogP contribution in [0, 0.1) is 5.92 Å². The first kappa shape index (κ1) is 23.8. The maximum absolute atomic E-state index is 6.28. The van der Waals surface area contributed by atoms with Crippen molar-refractivity contribution in [3.8, 4) is 5.75 Å². The predicted molar refractivity (Wildman–Crippen MR) is 154 cm³/mol. The molecule has 4 aromatic rings. The van der Waals surface area contributed by atoms with Gasteiger partial charge < -0.3 is 10.1 Å². The van der Waals surface area contributed by atoms with E-state index in [-0.39, 0.29) is 6.04 Å². The first-order chi connectivity index (χ1) is 18.1. The van der Waals surface area contributed by atoms with Gasteiger partial charge in [0.05, 0.1) is 11.7 Å². The van der Waals surface area contributed by atoms with Crippen molar-refractivity contribution < 1.29 is 4.74 Å². The van der Waals surface area contributed by atoms with Crippen molar-refractivity contribution >= 4 is 40.8 Å². The zero-order chi connectivity index (χ0) is 25.2. The number of fused-ring (bicyclic) bond motifs is 3. The van der Waals surface area contributed by atoms with Crippen LogP contribution < -0.4 is 10.1 Å². The van der Waals surface area contributed by atoms with Crippen molar-refractivity contribution in [1.29, 1.82) is 0 Å². The largest absolute Gasteiger partial charge is 0.488 e. The number of para-hydroxylation sites is 1. The molecule has 1 aliphatic heterocycles. The molecule has 0 saturated carbocycles. The van der Waals surface area contributed by atoms with Gasteiger partial charge >= 0.3 is 0 Å². The first-order valence-electron chi connectivity index (χ1n) is 12.5. The molecule has 0 unspecified atom stereocenters. The number of nitrogens with zero attached hydrogens (tertiary/aromatic N) is 1. The van der Waals surface area contributed by atoms with Crippen molar-refractivity contribution in [3.63, 3.8) is 0 Å². The topological polar surface area (TPSA) is 33.6 Å². The number of hydrogen-bond donors (Lipinski definition) is 1. The molecule has 5 heteroatoms. The fourth-order valence-electron chi connectivity index (χ4n) is 5.32. The summed E-state index contributed by atoms with van der Waals surface area (Å²) < 4.78 is 6.07. The van der Waals surface area contributed by atoms with E-state index in [1.165, 1.54) is 16.8 Å². The van der Waals surface area contributed by atoms with Gasteiger partial charge in [0, 0.05) is 33.4 Å². The van der Waals surface area contributed by atoms with Gasteiger partial charge in [0.2, 0.25) is 0 Å². The zero-order valence-corrected chi connectivity index (χ0v) is 21.7. The smallest absolute Gasteiger partial charge is 0.128 e. The summed E-state index contributed by atoms with van der Waals surface area (Å²) >= 11 is 12.4. The average Bonchev–Trinajstić information content (AvgIpc) is 3.42. The molecular formula is C32H26Cl2N2O. The Hall–Kier alpha value is -3.53. The van der Waals surface area contributed by atoms with Crippen LogP contribution in [0.15, 0.2) is 108 Å². The number of anilines is 1. The van der Waals surface area contributed by atoms with Gasteiger partial charge in [0.1, 0.15) is 12.4 Å². The summed E-state index contributed by atoms with van der Waals surface area (Å²) in [6.45, 7) is 0.409. The number of nitrogens with one attached hydrogen (secondary N) is 1. The van der Waals surface area contributed by atoms with E-state index in [4.69, 9.17) is 32.9 Å². The Balaban J connectivity index is 1.19. The molecular weight excluding hydrogens is 499 g/mol. The van der Waals surface area contributed by atoms with Gasteiger partial charge in [-0.2, -0.15) is 0 Å². The van der Waals surface area contributed by atoms with Gasteiger partial charge in [0.15, 0.2) is 0 Å². The Kier molecular flexibility index (Phi) is 6.73. The second-order valence-corrected chi connectivity index (χ2v) is 10.4. The van der Waals surface area contributed by atoms with Gasteiger partial charge in [-0.3, -0.25) is 4.99 Å². The molecule has 0 radical (unpaired) electrons. The summed E-state index contributed by atoms with van der Waals surface area (Å²) in [4.78, 5) is 4.72. The SMILES string of the molecule is Clc1cccc(COc2ccc(Cl)cc2C=Nc2ccc([C@@H]3Nc4ccccc4[C@@H]4C=CC[C@@H]43)cc2)c1. The lowest BCUT2D eigenvalue weighted by atomic mass is 9.77. The molecule has 1 heterocycles. The molecule has 2 aliphatic rings. The van der Waals surface area contributed by atoms with Gasteiger partial charge in [-0.25, -0.2) is 0 Å². The van der Waals surface area contributed by atoms with Crippen molar-refractivity contribution in [2.24, 2.45) is 10.9 Å². The zero-order valence-electron chi connectivity index (χ0n) is 20.1. The van der Waals surface area contributed by atoms with E-state index >= 15 is 0 Å². The van der Waals surface area contributed by atoms with Crippen molar-refractivity contribution in [1.82, 2.24) is 0 Å². The number of benzene rings is 4. The molecule has 1 N–H and O–H groups in total. The maximum atomic E-state index is 6.28. The summed E-state index contributed by atoms with van der Waals surface area (Å²) in [5, 5.41) is 5.11. The highest BCUT2D eigenvalue weighted by atomic mass is 35.5. The maximum Gasteiger partial charge on any atom is 0.128 e. The van der Waals surface area contributed by atoms with Crippen LogP contribution in [0.4, 0.5) is 11.4 Å². The Morgan fingerprint density at radius 3 is 2.59 bits per heavy atom. The van der Waals surface area contributed by atoms with Crippen LogP contribution in [0.1, 0.15) is 40.6 Å². The van der Waals surface area contributed by atoms with E-state index in [1.807, 2.05) is 42.5 Å². The summed E-state index contributed by atoms with van der Waals surface area (Å²) in [7, 11) is 0. The lowest BCUT2D eigenvalue weighted by molar-refractivity contribution is 0.306.